The van der Waals surface area contributed by atoms with E-state index in [9.17, 15) is 18.1 Å². The summed E-state index contributed by atoms with van der Waals surface area (Å²) in [4.78, 5) is 11.9. The first-order chi connectivity index (χ1) is 17.8. The van der Waals surface area contributed by atoms with Gasteiger partial charge in [-0.25, -0.2) is 27.8 Å². The lowest BCUT2D eigenvalue weighted by molar-refractivity contribution is 0.391. The summed E-state index contributed by atoms with van der Waals surface area (Å²) in [5, 5.41) is 16.5. The predicted molar refractivity (Wildman–Crippen MR) is 130 cm³/mol. The second kappa shape index (κ2) is 10.5. The van der Waals surface area contributed by atoms with Crippen molar-refractivity contribution < 1.29 is 22.3 Å². The Kier molecular flexibility index (Phi) is 7.25. The zero-order chi connectivity index (χ0) is 26.6. The molecule has 0 spiro atoms. The number of hydrogen-bond donors (Lipinski definition) is 1. The number of nitrogens with one attached hydrogen (secondary N) is 1. The van der Waals surface area contributed by atoms with Crippen LogP contribution in [0.3, 0.4) is 0 Å². The van der Waals surface area contributed by atoms with Gasteiger partial charge in [-0.1, -0.05) is 12.1 Å². The number of rotatable bonds is 9. The summed E-state index contributed by atoms with van der Waals surface area (Å²) in [7, 11) is -1.17. The molecular weight excluding hydrogens is 503 g/mol. The third kappa shape index (κ3) is 5.31. The smallest absolute Gasteiger partial charge is 0.243 e. The van der Waals surface area contributed by atoms with Crippen molar-refractivity contribution in [2.45, 2.75) is 18.6 Å². The summed E-state index contributed by atoms with van der Waals surface area (Å²) in [5.41, 5.74) is 0.704. The molecular formula is C23H21FN8O4S. The molecule has 0 aliphatic heterocycles. The number of ether oxygens (including phenoxy) is 2. The van der Waals surface area contributed by atoms with Gasteiger partial charge in [0.2, 0.25) is 16.0 Å². The molecule has 0 saturated carbocycles. The molecule has 1 unspecified atom stereocenters. The van der Waals surface area contributed by atoms with Crippen LogP contribution in [0.4, 0.5) is 10.3 Å². The first-order valence-corrected chi connectivity index (χ1v) is 12.3. The number of aromatic nitrogens is 6. The van der Waals surface area contributed by atoms with Crippen LogP contribution in [0.25, 0.3) is 17.2 Å². The molecule has 3 heterocycles. The summed E-state index contributed by atoms with van der Waals surface area (Å²) in [6.07, 6.45) is 1.85. The average Bonchev–Trinajstić information content (AvgIpc) is 3.31. The molecule has 1 aromatic carbocycles. The van der Waals surface area contributed by atoms with Crippen LogP contribution in [-0.4, -0.2) is 57.6 Å². The maximum atomic E-state index is 13.3. The number of benzene rings is 1. The third-order valence-electron chi connectivity index (χ3n) is 5.29. The van der Waals surface area contributed by atoms with Crippen molar-refractivity contribution in [1.29, 1.82) is 5.26 Å². The van der Waals surface area contributed by atoms with E-state index >= 15 is 0 Å². The first-order valence-electron chi connectivity index (χ1n) is 10.8. The Morgan fingerprint density at radius 1 is 1.08 bits per heavy atom. The third-order valence-corrected chi connectivity index (χ3v) is 6.98. The van der Waals surface area contributed by atoms with Gasteiger partial charge >= 0.3 is 0 Å². The summed E-state index contributed by atoms with van der Waals surface area (Å²) in [5.74, 6) is 0.166. The molecule has 0 fully saturated rings. The van der Waals surface area contributed by atoms with E-state index in [4.69, 9.17) is 9.47 Å². The molecule has 190 valence electrons. The van der Waals surface area contributed by atoms with Gasteiger partial charge < -0.3 is 9.47 Å². The van der Waals surface area contributed by atoms with Gasteiger partial charge in [-0.05, 0) is 31.2 Å². The van der Waals surface area contributed by atoms with Gasteiger partial charge in [-0.2, -0.15) is 5.26 Å². The summed E-state index contributed by atoms with van der Waals surface area (Å²) >= 11 is 0. The maximum Gasteiger partial charge on any atom is 0.243 e. The Morgan fingerprint density at radius 2 is 1.73 bits per heavy atom. The Hall–Kier alpha value is -4.64. The number of methoxy groups -OCH3 is 2. The van der Waals surface area contributed by atoms with Crippen LogP contribution < -0.4 is 14.2 Å². The zero-order valence-corrected chi connectivity index (χ0v) is 20.8. The molecule has 0 aliphatic carbocycles. The molecule has 0 radical (unpaired) electrons. The Labute approximate surface area is 211 Å². The number of para-hydroxylation sites is 1. The fourth-order valence-electron chi connectivity index (χ4n) is 3.44. The minimum atomic E-state index is -4.07. The molecule has 0 bridgehead atoms. The summed E-state index contributed by atoms with van der Waals surface area (Å²) in [6, 6.07) is 11.7. The minimum absolute atomic E-state index is 0.0830. The standard InChI is InChI=1S/C23H21FN8O4S/c1-14(10-20-26-12-15(24)13-27-20)37(33,34)31-23-30-29-22(17-7-4-6-16(11-25)28-17)32(23)21-18(35-2)8-5-9-19(21)36-3/h4-9,12-14H,10H2,1-3H3,(H,30,31). The molecule has 1 atom stereocenters. The van der Waals surface area contributed by atoms with E-state index in [2.05, 4.69) is 29.9 Å². The van der Waals surface area contributed by atoms with Crippen LogP contribution in [-0.2, 0) is 16.4 Å². The van der Waals surface area contributed by atoms with E-state index in [-0.39, 0.29) is 35.4 Å². The monoisotopic (exact) mass is 524 g/mol. The van der Waals surface area contributed by atoms with E-state index in [1.165, 1.54) is 31.8 Å². The van der Waals surface area contributed by atoms with Gasteiger partial charge in [-0.3, -0.25) is 9.29 Å². The molecule has 0 saturated heterocycles. The van der Waals surface area contributed by atoms with Crippen molar-refractivity contribution in [3.63, 3.8) is 0 Å². The number of halogens is 1. The highest BCUT2D eigenvalue weighted by Crippen LogP contribution is 2.37. The van der Waals surface area contributed by atoms with Crippen molar-refractivity contribution in [2.75, 3.05) is 18.9 Å². The molecule has 0 amide bonds. The molecule has 0 aliphatic rings. The Balaban J connectivity index is 1.83. The molecule has 37 heavy (non-hydrogen) atoms. The fourth-order valence-corrected chi connectivity index (χ4v) is 4.40. The quantitative estimate of drug-likeness (QED) is 0.345. The van der Waals surface area contributed by atoms with Crippen molar-refractivity contribution in [2.24, 2.45) is 0 Å². The van der Waals surface area contributed by atoms with E-state index in [0.717, 1.165) is 12.4 Å². The zero-order valence-electron chi connectivity index (χ0n) is 20.0. The normalized spacial score (nSPS) is 12.0. The van der Waals surface area contributed by atoms with Crippen LogP contribution in [0, 0.1) is 17.1 Å². The van der Waals surface area contributed by atoms with Gasteiger partial charge in [0.25, 0.3) is 0 Å². The molecule has 12 nitrogen and oxygen atoms in total. The van der Waals surface area contributed by atoms with Gasteiger partial charge in [0.1, 0.15) is 40.5 Å². The minimum Gasteiger partial charge on any atom is -0.494 e. The predicted octanol–water partition coefficient (Wildman–Crippen LogP) is 2.52. The van der Waals surface area contributed by atoms with E-state index < -0.39 is 21.1 Å². The molecule has 14 heteroatoms. The van der Waals surface area contributed by atoms with Crippen LogP contribution in [0.1, 0.15) is 18.4 Å². The highest BCUT2D eigenvalue weighted by molar-refractivity contribution is 7.93. The number of nitrogens with zero attached hydrogens (tertiary/aromatic N) is 7. The number of sulfonamides is 1. The SMILES string of the molecule is COc1cccc(OC)c1-n1c(NS(=O)(=O)C(C)Cc2ncc(F)cn2)nnc1-c1cccc(C#N)n1. The van der Waals surface area contributed by atoms with Crippen molar-refractivity contribution in [3.05, 3.63) is 66.1 Å². The van der Waals surface area contributed by atoms with Gasteiger partial charge in [0.15, 0.2) is 11.6 Å². The number of anilines is 1. The molecule has 4 aromatic rings. The second-order valence-electron chi connectivity index (χ2n) is 7.69. The molecule has 3 aromatic heterocycles. The molecule has 4 rings (SSSR count). The lowest BCUT2D eigenvalue weighted by atomic mass is 10.2. The largest absolute Gasteiger partial charge is 0.494 e. The summed E-state index contributed by atoms with van der Waals surface area (Å²) < 4.78 is 54.6. The lowest BCUT2D eigenvalue weighted by Gasteiger charge is -2.18. The average molecular weight is 525 g/mol. The van der Waals surface area contributed by atoms with Gasteiger partial charge in [0, 0.05) is 6.42 Å². The van der Waals surface area contributed by atoms with Crippen LogP contribution in [0.15, 0.2) is 48.8 Å². The van der Waals surface area contributed by atoms with E-state index in [1.54, 1.807) is 30.3 Å². The molecule has 1 N–H and O–H groups in total. The first kappa shape index (κ1) is 25.5. The topological polar surface area (TPSA) is 158 Å². The maximum absolute atomic E-state index is 13.3. The fraction of sp³-hybridized carbons (Fsp3) is 0.217. The van der Waals surface area contributed by atoms with E-state index in [0.29, 0.717) is 17.2 Å². The highest BCUT2D eigenvalue weighted by atomic mass is 32.2. The number of nitriles is 1. The second-order valence-corrected chi connectivity index (χ2v) is 9.79. The van der Waals surface area contributed by atoms with Crippen LogP contribution >= 0.6 is 0 Å². The van der Waals surface area contributed by atoms with Crippen molar-refractivity contribution in [3.8, 4) is 34.8 Å². The van der Waals surface area contributed by atoms with Gasteiger partial charge in [-0.15, -0.1) is 10.2 Å². The van der Waals surface area contributed by atoms with Crippen LogP contribution in [0.2, 0.25) is 0 Å². The Morgan fingerprint density at radius 3 is 2.35 bits per heavy atom. The van der Waals surface area contributed by atoms with E-state index in [1.807, 2.05) is 6.07 Å². The highest BCUT2D eigenvalue weighted by Gasteiger charge is 2.29. The van der Waals surface area contributed by atoms with Crippen LogP contribution in [0.5, 0.6) is 11.5 Å². The van der Waals surface area contributed by atoms with Crippen molar-refractivity contribution >= 4 is 16.0 Å². The number of hydrogen-bond acceptors (Lipinski definition) is 10. The summed E-state index contributed by atoms with van der Waals surface area (Å²) in [6.45, 7) is 1.46. The van der Waals surface area contributed by atoms with Gasteiger partial charge in [0.05, 0.1) is 31.9 Å². The van der Waals surface area contributed by atoms with Crippen molar-refractivity contribution in [1.82, 2.24) is 29.7 Å². The number of pyridine rings is 1. The lowest BCUT2D eigenvalue weighted by Crippen LogP contribution is -2.29. The Bertz CT molecular complexity index is 1550.